The summed E-state index contributed by atoms with van der Waals surface area (Å²) in [5.74, 6) is -0.857. The molecule has 2 aliphatic rings. The molecular weight excluding hydrogens is 553 g/mol. The van der Waals surface area contributed by atoms with Gasteiger partial charge in [-0.2, -0.15) is 0 Å². The zero-order chi connectivity index (χ0) is 25.4. The quantitative estimate of drug-likeness (QED) is 0.166. The number of likely N-dealkylation sites (tertiary alicyclic amines) is 1. The Morgan fingerprint density at radius 1 is 1.00 bits per heavy atom. The summed E-state index contributed by atoms with van der Waals surface area (Å²) in [6, 6.07) is 21.4. The molecule has 0 aromatic heterocycles. The van der Waals surface area contributed by atoms with E-state index in [1.165, 1.54) is 11.1 Å². The van der Waals surface area contributed by atoms with Gasteiger partial charge in [0, 0.05) is 11.1 Å². The summed E-state index contributed by atoms with van der Waals surface area (Å²) in [6.45, 7) is 12.8. The van der Waals surface area contributed by atoms with Crippen LogP contribution in [0.4, 0.5) is 0 Å². The Kier molecular flexibility index (Phi) is 7.68. The van der Waals surface area contributed by atoms with Gasteiger partial charge in [0.15, 0.2) is 5.79 Å². The van der Waals surface area contributed by atoms with Crippen LogP contribution in [0.3, 0.4) is 0 Å². The number of rotatable bonds is 7. The highest BCUT2D eigenvalue weighted by Gasteiger charge is 2.68. The Morgan fingerprint density at radius 3 is 2.09 bits per heavy atom. The van der Waals surface area contributed by atoms with Crippen molar-refractivity contribution in [3.63, 3.8) is 0 Å². The smallest absolute Gasteiger partial charge is 0.312 e. The molecule has 6 heteroatoms. The van der Waals surface area contributed by atoms with Crippen molar-refractivity contribution in [3.05, 3.63) is 71.8 Å². The molecule has 0 saturated carbocycles. The first-order chi connectivity index (χ1) is 16.5. The molecule has 2 heterocycles. The van der Waals surface area contributed by atoms with Crippen molar-refractivity contribution in [3.8, 4) is 0 Å². The highest BCUT2D eigenvalue weighted by Crippen LogP contribution is 2.52. The number of fused-ring (bicyclic) bond motifs is 1. The van der Waals surface area contributed by atoms with Crippen LogP contribution >= 0.6 is 22.6 Å². The van der Waals surface area contributed by atoms with Gasteiger partial charge < -0.3 is 18.7 Å². The third-order valence-electron chi connectivity index (χ3n) is 7.41. The Labute approximate surface area is 223 Å². The maximum Gasteiger partial charge on any atom is 0.312 e. The summed E-state index contributed by atoms with van der Waals surface area (Å²) in [5.41, 5.74) is 1.97. The van der Waals surface area contributed by atoms with Crippen LogP contribution in [-0.2, 0) is 25.5 Å². The van der Waals surface area contributed by atoms with Crippen molar-refractivity contribution in [2.24, 2.45) is 0 Å². The van der Waals surface area contributed by atoms with Crippen LogP contribution < -0.4 is 0 Å². The molecule has 0 spiro atoms. The van der Waals surface area contributed by atoms with Gasteiger partial charge >= 0.3 is 5.97 Å². The number of halogens is 1. The molecule has 4 rings (SSSR count). The van der Waals surface area contributed by atoms with Crippen molar-refractivity contribution < 1.29 is 23.5 Å². The van der Waals surface area contributed by atoms with Crippen LogP contribution in [0.2, 0.25) is 0 Å². The maximum absolute atomic E-state index is 13.3. The second-order valence-corrected chi connectivity index (χ2v) is 12.3. The predicted molar refractivity (Wildman–Crippen MR) is 146 cm³/mol. The number of esters is 1. The first-order valence-electron chi connectivity index (χ1n) is 12.6. The SMILES string of the molecule is C[C@H](c1ccccc1)[N+]1(Cc2ccccc2)[C@H](CI)[C@H]2OC(C)(C)O[C@H]2[C@@H]1CC(=O)OC(C)(C)C. The molecule has 6 atom stereocenters. The van der Waals surface area contributed by atoms with Gasteiger partial charge in [-0.3, -0.25) is 4.79 Å². The molecule has 0 radical (unpaired) electrons. The van der Waals surface area contributed by atoms with Crippen molar-refractivity contribution in [2.45, 2.75) is 96.2 Å². The highest BCUT2D eigenvalue weighted by atomic mass is 127. The van der Waals surface area contributed by atoms with Gasteiger partial charge in [0.25, 0.3) is 0 Å². The standard InChI is InChI=1S/C29H39INO4/c1-20(22-15-11-8-12-16-22)31(19-21-13-9-7-10-14-21)23(17-25(32)33-28(2,3)4)26-27(24(31)18-30)35-29(5,6)34-26/h7-16,20,23-24,26-27H,17-19H2,1-6H3/q+1/t20-,23+,24-,26+,27-,31?/m1/s1. The van der Waals surface area contributed by atoms with Crippen LogP contribution in [0.1, 0.15) is 65.1 Å². The molecule has 2 fully saturated rings. The van der Waals surface area contributed by atoms with Crippen molar-refractivity contribution in [1.29, 1.82) is 0 Å². The molecule has 0 N–H and O–H groups in total. The Balaban J connectivity index is 1.85. The van der Waals surface area contributed by atoms with E-state index in [2.05, 4.69) is 90.2 Å². The summed E-state index contributed by atoms with van der Waals surface area (Å²) in [7, 11) is 0. The Hall–Kier alpha value is -1.48. The number of carbonyl (C=O) groups is 1. The molecule has 190 valence electrons. The molecule has 0 bridgehead atoms. The van der Waals surface area contributed by atoms with E-state index in [4.69, 9.17) is 14.2 Å². The molecule has 2 saturated heterocycles. The van der Waals surface area contributed by atoms with Crippen molar-refractivity contribution >= 4 is 28.6 Å². The minimum absolute atomic E-state index is 0.0933. The number of quaternary nitrogens is 1. The fourth-order valence-electron chi connectivity index (χ4n) is 6.12. The minimum Gasteiger partial charge on any atom is -0.460 e. The van der Waals surface area contributed by atoms with E-state index in [0.29, 0.717) is 4.48 Å². The maximum atomic E-state index is 13.3. The van der Waals surface area contributed by atoms with Crippen LogP contribution in [0, 0.1) is 0 Å². The zero-order valence-corrected chi connectivity index (χ0v) is 23.9. The number of ether oxygens (including phenoxy) is 3. The topological polar surface area (TPSA) is 44.8 Å². The van der Waals surface area contributed by atoms with Crippen molar-refractivity contribution in [1.82, 2.24) is 0 Å². The molecule has 35 heavy (non-hydrogen) atoms. The van der Waals surface area contributed by atoms with E-state index in [9.17, 15) is 4.79 Å². The fourth-order valence-corrected chi connectivity index (χ4v) is 7.35. The summed E-state index contributed by atoms with van der Waals surface area (Å²) in [4.78, 5) is 13.3. The van der Waals surface area contributed by atoms with E-state index < -0.39 is 11.4 Å². The number of hydrogen-bond acceptors (Lipinski definition) is 4. The monoisotopic (exact) mass is 592 g/mol. The first-order valence-corrected chi connectivity index (χ1v) is 14.1. The van der Waals surface area contributed by atoms with E-state index in [0.717, 1.165) is 11.0 Å². The normalized spacial score (nSPS) is 30.6. The number of hydrogen-bond donors (Lipinski definition) is 0. The second-order valence-electron chi connectivity index (χ2n) is 11.4. The molecule has 5 nitrogen and oxygen atoms in total. The lowest BCUT2D eigenvalue weighted by Gasteiger charge is -2.50. The van der Waals surface area contributed by atoms with Crippen LogP contribution in [0.15, 0.2) is 60.7 Å². The van der Waals surface area contributed by atoms with Gasteiger partial charge in [-0.05, 0) is 41.5 Å². The van der Waals surface area contributed by atoms with E-state index in [1.54, 1.807) is 0 Å². The van der Waals surface area contributed by atoms with E-state index in [1.807, 2.05) is 34.6 Å². The highest BCUT2D eigenvalue weighted by molar-refractivity contribution is 14.1. The van der Waals surface area contributed by atoms with E-state index in [-0.39, 0.29) is 42.7 Å². The van der Waals surface area contributed by atoms with E-state index >= 15 is 0 Å². The molecule has 2 aromatic carbocycles. The first kappa shape index (κ1) is 26.6. The second kappa shape index (κ2) is 10.1. The van der Waals surface area contributed by atoms with Crippen LogP contribution in [-0.4, -0.2) is 50.6 Å². The van der Waals surface area contributed by atoms with Crippen molar-refractivity contribution in [2.75, 3.05) is 4.43 Å². The largest absolute Gasteiger partial charge is 0.460 e. The summed E-state index contributed by atoms with van der Waals surface area (Å²) in [5, 5.41) is 0. The Morgan fingerprint density at radius 2 is 1.54 bits per heavy atom. The lowest BCUT2D eigenvalue weighted by atomic mass is 9.96. The van der Waals surface area contributed by atoms with Gasteiger partial charge in [-0.15, -0.1) is 0 Å². The molecule has 0 aliphatic carbocycles. The summed E-state index contributed by atoms with van der Waals surface area (Å²) in [6.07, 6.45) is 0.00559. The summed E-state index contributed by atoms with van der Waals surface area (Å²) < 4.78 is 20.6. The number of carbonyl (C=O) groups excluding carboxylic acids is 1. The van der Waals surface area contributed by atoms with Crippen LogP contribution in [0.25, 0.3) is 0 Å². The number of alkyl halides is 1. The van der Waals surface area contributed by atoms with Gasteiger partial charge in [-0.25, -0.2) is 0 Å². The Bertz CT molecular complexity index is 1010. The molecule has 2 aliphatic heterocycles. The third kappa shape index (κ3) is 5.45. The van der Waals surface area contributed by atoms with Gasteiger partial charge in [0.1, 0.15) is 48.9 Å². The zero-order valence-electron chi connectivity index (χ0n) is 21.7. The van der Waals surface area contributed by atoms with Crippen LogP contribution in [0.5, 0.6) is 0 Å². The van der Waals surface area contributed by atoms with Gasteiger partial charge in [-0.1, -0.05) is 83.3 Å². The molecular formula is C29H39INO4+. The molecule has 2 aromatic rings. The third-order valence-corrected chi connectivity index (χ3v) is 8.32. The minimum atomic E-state index is -0.676. The average molecular weight is 593 g/mol. The lowest BCUT2D eigenvalue weighted by molar-refractivity contribution is -0.999. The number of nitrogens with zero attached hydrogens (tertiary/aromatic N) is 1. The average Bonchev–Trinajstić information content (AvgIpc) is 3.21. The fraction of sp³-hybridized carbons (Fsp3) is 0.552. The lowest BCUT2D eigenvalue weighted by Crippen LogP contribution is -2.61. The molecule has 1 unspecified atom stereocenters. The van der Waals surface area contributed by atoms with Gasteiger partial charge in [0.2, 0.25) is 0 Å². The predicted octanol–water partition coefficient (Wildman–Crippen LogP) is 6.20. The summed E-state index contributed by atoms with van der Waals surface area (Å²) >= 11 is 2.50. The molecule has 0 amide bonds. The van der Waals surface area contributed by atoms with Gasteiger partial charge in [0.05, 0.1) is 4.43 Å². The number of benzene rings is 2.